The maximum Gasteiger partial charge on any atom is 0.243 e. The molecule has 2 rings (SSSR count). The fraction of sp³-hybridized carbons (Fsp3) is 0.333. The van der Waals surface area contributed by atoms with Crippen LogP contribution in [0.3, 0.4) is 0 Å². The van der Waals surface area contributed by atoms with Crippen LogP contribution in [0, 0.1) is 5.92 Å². The lowest BCUT2D eigenvalue weighted by Crippen LogP contribution is -2.18. The largest absolute Gasteiger partial charge is 0.504 e. The number of rotatable bonds is 4. The number of hydrogen-bond donors (Lipinski definition) is 2. The van der Waals surface area contributed by atoms with Crippen molar-refractivity contribution in [3.05, 3.63) is 23.8 Å². The number of ether oxygens (including phenoxy) is 1. The highest BCUT2D eigenvalue weighted by Crippen LogP contribution is 2.28. The first-order valence-corrected chi connectivity index (χ1v) is 5.40. The van der Waals surface area contributed by atoms with Gasteiger partial charge in [0.25, 0.3) is 0 Å². The molecule has 1 aliphatic carbocycles. The van der Waals surface area contributed by atoms with Gasteiger partial charge >= 0.3 is 0 Å². The van der Waals surface area contributed by atoms with Crippen molar-refractivity contribution in [2.24, 2.45) is 11.0 Å². The Hall–Kier alpha value is -2.04. The fourth-order valence-corrected chi connectivity index (χ4v) is 1.38. The highest BCUT2D eigenvalue weighted by Gasteiger charge is 2.29. The van der Waals surface area contributed by atoms with Gasteiger partial charge in [-0.3, -0.25) is 4.79 Å². The Morgan fingerprint density at radius 3 is 3.00 bits per heavy atom. The molecule has 0 unspecified atom stereocenters. The summed E-state index contributed by atoms with van der Waals surface area (Å²) in [6.45, 7) is 0. The number of carbonyl (C=O) groups is 1. The Labute approximate surface area is 99.1 Å². The van der Waals surface area contributed by atoms with E-state index in [4.69, 9.17) is 4.74 Å². The van der Waals surface area contributed by atoms with Crippen molar-refractivity contribution in [2.45, 2.75) is 12.8 Å². The van der Waals surface area contributed by atoms with E-state index < -0.39 is 0 Å². The molecule has 0 saturated heterocycles. The van der Waals surface area contributed by atoms with E-state index in [1.165, 1.54) is 19.4 Å². The average Bonchev–Trinajstić information content (AvgIpc) is 3.15. The first kappa shape index (κ1) is 11.4. The van der Waals surface area contributed by atoms with E-state index in [0.29, 0.717) is 5.75 Å². The van der Waals surface area contributed by atoms with Crippen LogP contribution in [0.5, 0.6) is 11.5 Å². The van der Waals surface area contributed by atoms with Gasteiger partial charge in [0.2, 0.25) is 5.91 Å². The van der Waals surface area contributed by atoms with Crippen molar-refractivity contribution >= 4 is 12.1 Å². The zero-order valence-electron chi connectivity index (χ0n) is 9.51. The normalized spacial score (nSPS) is 14.9. The molecule has 1 saturated carbocycles. The quantitative estimate of drug-likeness (QED) is 0.608. The number of carbonyl (C=O) groups excluding carboxylic acids is 1. The lowest BCUT2D eigenvalue weighted by Gasteiger charge is -2.03. The first-order valence-electron chi connectivity index (χ1n) is 5.40. The number of benzene rings is 1. The maximum absolute atomic E-state index is 11.3. The minimum absolute atomic E-state index is 0.0352. The predicted octanol–water partition coefficient (Wildman–Crippen LogP) is 1.26. The molecule has 17 heavy (non-hydrogen) atoms. The van der Waals surface area contributed by atoms with Crippen LogP contribution in [-0.4, -0.2) is 24.3 Å². The lowest BCUT2D eigenvalue weighted by atomic mass is 10.2. The Balaban J connectivity index is 1.97. The molecule has 1 aliphatic rings. The van der Waals surface area contributed by atoms with Gasteiger partial charge in [-0.1, -0.05) is 0 Å². The monoisotopic (exact) mass is 234 g/mol. The molecule has 1 fully saturated rings. The predicted molar refractivity (Wildman–Crippen MR) is 63.1 cm³/mol. The van der Waals surface area contributed by atoms with Crippen molar-refractivity contribution < 1.29 is 14.6 Å². The Morgan fingerprint density at radius 1 is 1.59 bits per heavy atom. The lowest BCUT2D eigenvalue weighted by molar-refractivity contribution is -0.122. The standard InChI is InChI=1S/C12H14N2O3/c1-17-11-6-8(2-5-10(11)15)7-13-14-12(16)9-3-4-9/h2,5-7,9,15H,3-4H2,1H3,(H,14,16). The number of aromatic hydroxyl groups is 1. The van der Waals surface area contributed by atoms with E-state index in [0.717, 1.165) is 18.4 Å². The molecule has 0 radical (unpaired) electrons. The molecule has 5 nitrogen and oxygen atoms in total. The summed E-state index contributed by atoms with van der Waals surface area (Å²) in [6, 6.07) is 4.84. The number of hydrazone groups is 1. The van der Waals surface area contributed by atoms with Gasteiger partial charge in [0.1, 0.15) is 0 Å². The third-order valence-corrected chi connectivity index (χ3v) is 2.54. The summed E-state index contributed by atoms with van der Waals surface area (Å²) in [5, 5.41) is 13.2. The van der Waals surface area contributed by atoms with Crippen LogP contribution in [0.2, 0.25) is 0 Å². The molecule has 1 aromatic carbocycles. The van der Waals surface area contributed by atoms with Crippen molar-refractivity contribution in [3.63, 3.8) is 0 Å². The summed E-state index contributed by atoms with van der Waals surface area (Å²) in [7, 11) is 1.48. The second-order valence-electron chi connectivity index (χ2n) is 3.94. The summed E-state index contributed by atoms with van der Waals surface area (Å²) in [5.74, 6) is 0.558. The van der Waals surface area contributed by atoms with E-state index in [9.17, 15) is 9.90 Å². The number of hydrogen-bond acceptors (Lipinski definition) is 4. The average molecular weight is 234 g/mol. The van der Waals surface area contributed by atoms with Crippen LogP contribution in [0.4, 0.5) is 0 Å². The summed E-state index contributed by atoms with van der Waals surface area (Å²) in [4.78, 5) is 11.3. The van der Waals surface area contributed by atoms with Gasteiger partial charge in [-0.2, -0.15) is 5.10 Å². The van der Waals surface area contributed by atoms with Crippen LogP contribution in [-0.2, 0) is 4.79 Å². The third-order valence-electron chi connectivity index (χ3n) is 2.54. The molecule has 0 spiro atoms. The van der Waals surface area contributed by atoms with Gasteiger partial charge in [-0.15, -0.1) is 0 Å². The highest BCUT2D eigenvalue weighted by atomic mass is 16.5. The number of phenolic OH excluding ortho intramolecular Hbond substituents is 1. The van der Waals surface area contributed by atoms with Crippen molar-refractivity contribution in [3.8, 4) is 11.5 Å². The number of amides is 1. The smallest absolute Gasteiger partial charge is 0.243 e. The molecule has 2 N–H and O–H groups in total. The van der Waals surface area contributed by atoms with Gasteiger partial charge in [0.05, 0.1) is 13.3 Å². The molecular weight excluding hydrogens is 220 g/mol. The Morgan fingerprint density at radius 2 is 2.35 bits per heavy atom. The third kappa shape index (κ3) is 2.96. The van der Waals surface area contributed by atoms with Crippen LogP contribution < -0.4 is 10.2 Å². The molecule has 0 heterocycles. The molecule has 0 aromatic heterocycles. The summed E-state index contributed by atoms with van der Waals surface area (Å²) >= 11 is 0. The second-order valence-corrected chi connectivity index (χ2v) is 3.94. The zero-order chi connectivity index (χ0) is 12.3. The molecule has 1 aromatic rings. The number of phenols is 1. The molecule has 90 valence electrons. The first-order chi connectivity index (χ1) is 8.20. The fourth-order valence-electron chi connectivity index (χ4n) is 1.38. The summed E-state index contributed by atoms with van der Waals surface area (Å²) in [5.41, 5.74) is 3.22. The van der Waals surface area contributed by atoms with E-state index in [1.807, 2.05) is 0 Å². The highest BCUT2D eigenvalue weighted by molar-refractivity contribution is 5.84. The van der Waals surface area contributed by atoms with Crippen LogP contribution in [0.25, 0.3) is 0 Å². The second kappa shape index (κ2) is 4.86. The zero-order valence-corrected chi connectivity index (χ0v) is 9.51. The van der Waals surface area contributed by atoms with Crippen molar-refractivity contribution in [1.29, 1.82) is 0 Å². The van der Waals surface area contributed by atoms with E-state index in [-0.39, 0.29) is 17.6 Å². The minimum atomic E-state index is -0.0352. The SMILES string of the molecule is COc1cc(C=NNC(=O)C2CC2)ccc1O. The van der Waals surface area contributed by atoms with E-state index in [2.05, 4.69) is 10.5 Å². The van der Waals surface area contributed by atoms with E-state index >= 15 is 0 Å². The molecule has 0 bridgehead atoms. The van der Waals surface area contributed by atoms with Gasteiger partial charge < -0.3 is 9.84 Å². The molecule has 0 atom stereocenters. The van der Waals surface area contributed by atoms with Gasteiger partial charge in [0.15, 0.2) is 11.5 Å². The van der Waals surface area contributed by atoms with Gasteiger partial charge in [-0.05, 0) is 36.6 Å². The maximum atomic E-state index is 11.3. The van der Waals surface area contributed by atoms with Crippen LogP contribution in [0.15, 0.2) is 23.3 Å². The van der Waals surface area contributed by atoms with Crippen LogP contribution in [0.1, 0.15) is 18.4 Å². The minimum Gasteiger partial charge on any atom is -0.504 e. The van der Waals surface area contributed by atoms with Crippen molar-refractivity contribution in [1.82, 2.24) is 5.43 Å². The molecule has 5 heteroatoms. The van der Waals surface area contributed by atoms with Gasteiger partial charge in [-0.25, -0.2) is 5.43 Å². The van der Waals surface area contributed by atoms with Gasteiger partial charge in [0, 0.05) is 5.92 Å². The van der Waals surface area contributed by atoms with Crippen LogP contribution >= 0.6 is 0 Å². The Bertz CT molecular complexity index is 453. The molecular formula is C12H14N2O3. The van der Waals surface area contributed by atoms with E-state index in [1.54, 1.807) is 12.1 Å². The number of nitrogens with zero attached hydrogens (tertiary/aromatic N) is 1. The number of nitrogens with one attached hydrogen (secondary N) is 1. The summed E-state index contributed by atoms with van der Waals surface area (Å²) < 4.78 is 4.96. The summed E-state index contributed by atoms with van der Waals surface area (Å²) in [6.07, 6.45) is 3.42. The Kier molecular flexibility index (Phi) is 3.27. The molecule has 0 aliphatic heterocycles. The number of methoxy groups -OCH3 is 1. The topological polar surface area (TPSA) is 70.9 Å². The molecule has 1 amide bonds. The van der Waals surface area contributed by atoms with Crippen molar-refractivity contribution in [2.75, 3.05) is 7.11 Å².